The summed E-state index contributed by atoms with van der Waals surface area (Å²) in [6.07, 6.45) is 0. The Bertz CT molecular complexity index is 889. The number of benzene rings is 2. The second kappa shape index (κ2) is 6.62. The lowest BCUT2D eigenvalue weighted by Crippen LogP contribution is -2.23. The molecule has 0 fully saturated rings. The molecule has 5 nitrogen and oxygen atoms in total. The van der Waals surface area contributed by atoms with Crippen LogP contribution in [0.1, 0.15) is 16.1 Å². The molecule has 0 aliphatic rings. The number of fused-ring (bicyclic) bond motifs is 1. The van der Waals surface area contributed by atoms with Crippen molar-refractivity contribution in [1.82, 2.24) is 10.3 Å². The van der Waals surface area contributed by atoms with Crippen LogP contribution < -0.4 is 14.8 Å². The first-order valence-electron chi connectivity index (χ1n) is 7.38. The van der Waals surface area contributed by atoms with Gasteiger partial charge in [0.05, 0.1) is 14.2 Å². The summed E-state index contributed by atoms with van der Waals surface area (Å²) in [6, 6.07) is 11.4. The normalized spacial score (nSPS) is 10.6. The van der Waals surface area contributed by atoms with Gasteiger partial charge in [0.1, 0.15) is 11.5 Å². The minimum absolute atomic E-state index is 0.281. The molecule has 0 saturated carbocycles. The van der Waals surface area contributed by atoms with Gasteiger partial charge in [-0.1, -0.05) is 12.1 Å². The Balaban J connectivity index is 1.77. The third-order valence-corrected chi connectivity index (χ3v) is 3.75. The zero-order chi connectivity index (χ0) is 17.1. The summed E-state index contributed by atoms with van der Waals surface area (Å²) in [5, 5.41) is 3.47. The molecule has 1 amide bonds. The lowest BCUT2D eigenvalue weighted by atomic mass is 10.2. The number of amides is 1. The second-order valence-electron chi connectivity index (χ2n) is 5.25. The van der Waals surface area contributed by atoms with Crippen molar-refractivity contribution in [3.05, 3.63) is 59.5 Å². The number of para-hydroxylation sites is 1. The zero-order valence-corrected chi connectivity index (χ0v) is 13.4. The summed E-state index contributed by atoms with van der Waals surface area (Å²) < 4.78 is 23.8. The van der Waals surface area contributed by atoms with Gasteiger partial charge < -0.3 is 19.8 Å². The van der Waals surface area contributed by atoms with E-state index in [1.807, 2.05) is 12.1 Å². The molecule has 6 heteroatoms. The highest BCUT2D eigenvalue weighted by molar-refractivity contribution is 5.98. The number of hydrogen-bond acceptors (Lipinski definition) is 3. The van der Waals surface area contributed by atoms with Crippen LogP contribution in [0.4, 0.5) is 4.39 Å². The van der Waals surface area contributed by atoms with Crippen LogP contribution in [-0.2, 0) is 6.54 Å². The molecule has 2 N–H and O–H groups in total. The van der Waals surface area contributed by atoms with Gasteiger partial charge in [-0.25, -0.2) is 4.39 Å². The topological polar surface area (TPSA) is 63.3 Å². The van der Waals surface area contributed by atoms with Crippen LogP contribution in [0.2, 0.25) is 0 Å². The maximum absolute atomic E-state index is 13.2. The maximum Gasteiger partial charge on any atom is 0.267 e. The average Bonchev–Trinajstić information content (AvgIpc) is 3.02. The average molecular weight is 328 g/mol. The van der Waals surface area contributed by atoms with Crippen molar-refractivity contribution in [2.45, 2.75) is 6.54 Å². The number of methoxy groups -OCH3 is 2. The number of aromatic nitrogens is 1. The van der Waals surface area contributed by atoms with E-state index in [2.05, 4.69) is 10.3 Å². The second-order valence-corrected chi connectivity index (χ2v) is 5.25. The quantitative estimate of drug-likeness (QED) is 0.756. The molecule has 0 bridgehead atoms. The summed E-state index contributed by atoms with van der Waals surface area (Å²) in [5.74, 6) is 0.565. The maximum atomic E-state index is 13.2. The minimum Gasteiger partial charge on any atom is -0.493 e. The highest BCUT2D eigenvalue weighted by Gasteiger charge is 2.13. The summed E-state index contributed by atoms with van der Waals surface area (Å²) in [4.78, 5) is 15.3. The lowest BCUT2D eigenvalue weighted by molar-refractivity contribution is 0.0946. The van der Waals surface area contributed by atoms with Crippen molar-refractivity contribution in [1.29, 1.82) is 0 Å². The first-order valence-corrected chi connectivity index (χ1v) is 7.38. The molecule has 0 saturated heterocycles. The van der Waals surface area contributed by atoms with E-state index in [4.69, 9.17) is 9.47 Å². The Labute approximate surface area is 138 Å². The number of halogens is 1. The Morgan fingerprint density at radius 3 is 2.75 bits per heavy atom. The third-order valence-electron chi connectivity index (χ3n) is 3.75. The van der Waals surface area contributed by atoms with Gasteiger partial charge >= 0.3 is 0 Å². The van der Waals surface area contributed by atoms with Gasteiger partial charge in [0.2, 0.25) is 0 Å². The Kier molecular flexibility index (Phi) is 4.37. The minimum atomic E-state index is -0.338. The molecule has 124 valence electrons. The molecule has 24 heavy (non-hydrogen) atoms. The predicted octanol–water partition coefficient (Wildman–Crippen LogP) is 3.25. The summed E-state index contributed by atoms with van der Waals surface area (Å²) in [7, 11) is 3.11. The summed E-state index contributed by atoms with van der Waals surface area (Å²) >= 11 is 0. The van der Waals surface area contributed by atoms with E-state index in [1.54, 1.807) is 32.4 Å². The van der Waals surface area contributed by atoms with Gasteiger partial charge in [0.25, 0.3) is 5.91 Å². The molecule has 1 heterocycles. The Morgan fingerprint density at radius 2 is 2.00 bits per heavy atom. The zero-order valence-electron chi connectivity index (χ0n) is 13.4. The number of ether oxygens (including phenoxy) is 2. The van der Waals surface area contributed by atoms with Gasteiger partial charge in [0.15, 0.2) is 11.5 Å². The number of hydrogen-bond donors (Lipinski definition) is 2. The van der Waals surface area contributed by atoms with Crippen molar-refractivity contribution < 1.29 is 18.7 Å². The van der Waals surface area contributed by atoms with Crippen LogP contribution >= 0.6 is 0 Å². The molecule has 0 aliphatic heterocycles. The summed E-state index contributed by atoms with van der Waals surface area (Å²) in [5.41, 5.74) is 1.88. The monoisotopic (exact) mass is 328 g/mol. The predicted molar refractivity (Wildman–Crippen MR) is 89.0 cm³/mol. The van der Waals surface area contributed by atoms with E-state index >= 15 is 0 Å². The van der Waals surface area contributed by atoms with Crippen molar-refractivity contribution >= 4 is 16.8 Å². The fraction of sp³-hybridized carbons (Fsp3) is 0.167. The number of nitrogens with one attached hydrogen (secondary N) is 2. The molecule has 0 spiro atoms. The van der Waals surface area contributed by atoms with Crippen LogP contribution in [-0.4, -0.2) is 25.1 Å². The van der Waals surface area contributed by atoms with Gasteiger partial charge in [-0.3, -0.25) is 4.79 Å². The van der Waals surface area contributed by atoms with Crippen LogP contribution in [0.15, 0.2) is 42.5 Å². The van der Waals surface area contributed by atoms with E-state index in [9.17, 15) is 9.18 Å². The van der Waals surface area contributed by atoms with E-state index < -0.39 is 0 Å². The van der Waals surface area contributed by atoms with Crippen molar-refractivity contribution in [2.24, 2.45) is 0 Å². The molecule has 0 unspecified atom stereocenters. The fourth-order valence-electron chi connectivity index (χ4n) is 2.59. The molecule has 2 aromatic carbocycles. The van der Waals surface area contributed by atoms with Crippen molar-refractivity contribution in [3.8, 4) is 11.5 Å². The molecule has 1 aromatic heterocycles. The van der Waals surface area contributed by atoms with Crippen LogP contribution in [0.5, 0.6) is 11.5 Å². The van der Waals surface area contributed by atoms with Crippen LogP contribution in [0.25, 0.3) is 10.9 Å². The summed E-state index contributed by atoms with van der Waals surface area (Å²) in [6.45, 7) is 0.281. The highest BCUT2D eigenvalue weighted by Crippen LogP contribution is 2.30. The van der Waals surface area contributed by atoms with E-state index in [1.165, 1.54) is 12.1 Å². The van der Waals surface area contributed by atoms with Gasteiger partial charge in [-0.2, -0.15) is 0 Å². The van der Waals surface area contributed by atoms with Crippen molar-refractivity contribution in [3.63, 3.8) is 0 Å². The first kappa shape index (κ1) is 15.9. The SMILES string of the molecule is COc1cccc(CNC(=O)c2cc3cc(F)ccc3[nH]2)c1OC. The fourth-order valence-corrected chi connectivity index (χ4v) is 2.59. The molecule has 3 aromatic rings. The molecular formula is C18H17FN2O3. The number of H-pyrrole nitrogens is 1. The molecule has 3 rings (SSSR count). The lowest BCUT2D eigenvalue weighted by Gasteiger charge is -2.12. The van der Waals surface area contributed by atoms with E-state index in [-0.39, 0.29) is 18.3 Å². The van der Waals surface area contributed by atoms with Gasteiger partial charge in [-0.05, 0) is 30.3 Å². The molecule has 0 radical (unpaired) electrons. The van der Waals surface area contributed by atoms with Crippen molar-refractivity contribution in [2.75, 3.05) is 14.2 Å². The van der Waals surface area contributed by atoms with E-state index in [0.717, 1.165) is 5.56 Å². The van der Waals surface area contributed by atoms with Gasteiger partial charge in [-0.15, -0.1) is 0 Å². The Hall–Kier alpha value is -3.02. The smallest absolute Gasteiger partial charge is 0.267 e. The number of rotatable bonds is 5. The van der Waals surface area contributed by atoms with Crippen LogP contribution in [0, 0.1) is 5.82 Å². The molecule has 0 aliphatic carbocycles. The molecular weight excluding hydrogens is 311 g/mol. The number of aromatic amines is 1. The molecule has 0 atom stereocenters. The largest absolute Gasteiger partial charge is 0.493 e. The van der Waals surface area contributed by atoms with E-state index in [0.29, 0.717) is 28.1 Å². The number of carbonyl (C=O) groups excluding carboxylic acids is 1. The Morgan fingerprint density at radius 1 is 1.17 bits per heavy atom. The standard InChI is InChI=1S/C18H17FN2O3/c1-23-16-5-3-4-11(17(16)24-2)10-20-18(22)15-9-12-8-13(19)6-7-14(12)21-15/h3-9,21H,10H2,1-2H3,(H,20,22). The van der Waals surface area contributed by atoms with Gasteiger partial charge in [0, 0.05) is 23.0 Å². The highest BCUT2D eigenvalue weighted by atomic mass is 19.1. The first-order chi connectivity index (χ1) is 11.6. The third kappa shape index (κ3) is 3.03. The van der Waals surface area contributed by atoms with Crippen LogP contribution in [0.3, 0.4) is 0 Å². The number of carbonyl (C=O) groups is 1.